The number of nitrogens with zero attached hydrogens (tertiary/aromatic N) is 1. The Kier molecular flexibility index (Phi) is 5.49. The first-order valence-corrected chi connectivity index (χ1v) is 8.93. The minimum Gasteiger partial charge on any atom is -0.465 e. The van der Waals surface area contributed by atoms with Crippen LogP contribution < -0.4 is 5.43 Å². The molecule has 0 saturated carbocycles. The van der Waals surface area contributed by atoms with Crippen LogP contribution in [0.4, 0.5) is 0 Å². The molecule has 2 rings (SSSR count). The van der Waals surface area contributed by atoms with E-state index < -0.39 is 15.8 Å². The van der Waals surface area contributed by atoms with Gasteiger partial charge in [-0.1, -0.05) is 18.2 Å². The molecule has 8 heteroatoms. The Bertz CT molecular complexity index is 727. The Morgan fingerprint density at radius 3 is 2.78 bits per heavy atom. The van der Waals surface area contributed by atoms with Gasteiger partial charge in [-0.25, -0.2) is 18.6 Å². The van der Waals surface area contributed by atoms with Gasteiger partial charge in [-0.15, -0.1) is 0 Å². The van der Waals surface area contributed by atoms with E-state index in [1.807, 2.05) is 0 Å². The molecule has 1 aromatic rings. The van der Waals surface area contributed by atoms with Crippen molar-refractivity contribution in [2.45, 2.75) is 12.8 Å². The molecule has 1 N–H and O–H groups in total. The molecule has 124 valence electrons. The maximum absolute atomic E-state index is 11.8. The van der Waals surface area contributed by atoms with Crippen molar-refractivity contribution in [3.63, 3.8) is 0 Å². The van der Waals surface area contributed by atoms with Crippen molar-refractivity contribution in [1.82, 2.24) is 5.43 Å². The molecule has 1 aliphatic heterocycles. The Balaban J connectivity index is 1.92. The summed E-state index contributed by atoms with van der Waals surface area (Å²) in [6.45, 7) is 0. The predicted octanol–water partition coefficient (Wildman–Crippen LogP) is 0.748. The van der Waals surface area contributed by atoms with Crippen molar-refractivity contribution in [2.24, 2.45) is 11.0 Å². The first-order valence-electron chi connectivity index (χ1n) is 7.11. The third kappa shape index (κ3) is 4.88. The average Bonchev–Trinajstić information content (AvgIpc) is 2.85. The number of hydrazone groups is 1. The minimum absolute atomic E-state index is 0.0509. The van der Waals surface area contributed by atoms with Crippen LogP contribution in [0.5, 0.6) is 0 Å². The van der Waals surface area contributed by atoms with Gasteiger partial charge in [0.2, 0.25) is 5.91 Å². The van der Waals surface area contributed by atoms with Gasteiger partial charge in [-0.3, -0.25) is 4.79 Å². The van der Waals surface area contributed by atoms with Gasteiger partial charge in [0.1, 0.15) is 0 Å². The van der Waals surface area contributed by atoms with Crippen LogP contribution in [0.25, 0.3) is 0 Å². The molecule has 7 nitrogen and oxygen atoms in total. The minimum atomic E-state index is -2.99. The number of hydrogen-bond acceptors (Lipinski definition) is 6. The zero-order chi connectivity index (χ0) is 16.9. The number of ether oxygens (including phenoxy) is 1. The van der Waals surface area contributed by atoms with E-state index in [1.54, 1.807) is 24.3 Å². The second-order valence-electron chi connectivity index (χ2n) is 5.35. The molecule has 0 aliphatic carbocycles. The smallest absolute Gasteiger partial charge is 0.338 e. The fraction of sp³-hybridized carbons (Fsp3) is 0.400. The van der Waals surface area contributed by atoms with E-state index in [-0.39, 0.29) is 29.8 Å². The van der Waals surface area contributed by atoms with Crippen molar-refractivity contribution in [3.8, 4) is 0 Å². The van der Waals surface area contributed by atoms with Crippen LogP contribution in [0.3, 0.4) is 0 Å². The molecule has 0 spiro atoms. The molecule has 0 unspecified atom stereocenters. The van der Waals surface area contributed by atoms with Crippen LogP contribution in [0.1, 0.15) is 28.8 Å². The van der Waals surface area contributed by atoms with Crippen molar-refractivity contribution in [3.05, 3.63) is 35.4 Å². The van der Waals surface area contributed by atoms with E-state index in [0.717, 1.165) is 0 Å². The molecular formula is C15H18N2O5S. The van der Waals surface area contributed by atoms with E-state index in [4.69, 9.17) is 0 Å². The SMILES string of the molecule is COC(=O)c1ccccc1/C=N\NC(=O)C[C@@H]1CCS(=O)(=O)C1. The molecule has 1 atom stereocenters. The van der Waals surface area contributed by atoms with Gasteiger partial charge in [0, 0.05) is 12.0 Å². The first-order chi connectivity index (χ1) is 10.9. The Hall–Kier alpha value is -2.22. The van der Waals surface area contributed by atoms with E-state index in [1.165, 1.54) is 13.3 Å². The summed E-state index contributed by atoms with van der Waals surface area (Å²) in [4.78, 5) is 23.4. The highest BCUT2D eigenvalue weighted by molar-refractivity contribution is 7.91. The molecule has 1 heterocycles. The number of rotatable bonds is 5. The lowest BCUT2D eigenvalue weighted by Crippen LogP contribution is -2.21. The largest absolute Gasteiger partial charge is 0.465 e. The van der Waals surface area contributed by atoms with E-state index in [0.29, 0.717) is 17.5 Å². The molecular weight excluding hydrogens is 320 g/mol. The molecule has 1 amide bonds. The standard InChI is InChI=1S/C15H18N2O5S/c1-22-15(19)13-5-3-2-4-12(13)9-16-17-14(18)8-11-6-7-23(20,21)10-11/h2-5,9,11H,6-8,10H2,1H3,(H,17,18)/b16-9-/t11-/m0/s1. The zero-order valence-electron chi connectivity index (χ0n) is 12.7. The van der Waals surface area contributed by atoms with Gasteiger partial charge in [-0.05, 0) is 18.4 Å². The van der Waals surface area contributed by atoms with Crippen LogP contribution in [0.2, 0.25) is 0 Å². The summed E-state index contributed by atoms with van der Waals surface area (Å²) in [5.41, 5.74) is 3.21. The Morgan fingerprint density at radius 1 is 1.39 bits per heavy atom. The van der Waals surface area contributed by atoms with E-state index in [2.05, 4.69) is 15.3 Å². The molecule has 0 aromatic heterocycles. The van der Waals surface area contributed by atoms with Gasteiger partial charge in [0.15, 0.2) is 9.84 Å². The third-order valence-corrected chi connectivity index (χ3v) is 5.40. The van der Waals surface area contributed by atoms with Crippen LogP contribution in [-0.2, 0) is 19.4 Å². The van der Waals surface area contributed by atoms with Gasteiger partial charge in [0.25, 0.3) is 0 Å². The fourth-order valence-electron chi connectivity index (χ4n) is 2.42. The zero-order valence-corrected chi connectivity index (χ0v) is 13.5. The van der Waals surface area contributed by atoms with Crippen LogP contribution in [0, 0.1) is 5.92 Å². The van der Waals surface area contributed by atoms with E-state index >= 15 is 0 Å². The van der Waals surface area contributed by atoms with Gasteiger partial charge < -0.3 is 4.74 Å². The second-order valence-corrected chi connectivity index (χ2v) is 7.57. The normalized spacial score (nSPS) is 19.6. The second kappa shape index (κ2) is 7.36. The Morgan fingerprint density at radius 2 is 2.13 bits per heavy atom. The summed E-state index contributed by atoms with van der Waals surface area (Å²) >= 11 is 0. The number of esters is 1. The molecule has 0 bridgehead atoms. The molecule has 1 fully saturated rings. The maximum atomic E-state index is 11.8. The van der Waals surface area contributed by atoms with Crippen LogP contribution >= 0.6 is 0 Å². The summed E-state index contributed by atoms with van der Waals surface area (Å²) in [7, 11) is -1.71. The number of benzene rings is 1. The Labute approximate surface area is 134 Å². The summed E-state index contributed by atoms with van der Waals surface area (Å²) in [6, 6.07) is 6.70. The lowest BCUT2D eigenvalue weighted by molar-refractivity contribution is -0.121. The van der Waals surface area contributed by atoms with Gasteiger partial charge in [0.05, 0.1) is 30.4 Å². The fourth-order valence-corrected chi connectivity index (χ4v) is 4.28. The number of hydrogen-bond donors (Lipinski definition) is 1. The molecule has 1 saturated heterocycles. The summed E-state index contributed by atoms with van der Waals surface area (Å²) in [6.07, 6.45) is 1.98. The summed E-state index contributed by atoms with van der Waals surface area (Å²) in [5, 5.41) is 3.82. The van der Waals surface area contributed by atoms with Crippen LogP contribution in [-0.4, -0.2) is 45.1 Å². The quantitative estimate of drug-likeness (QED) is 0.485. The number of carbonyl (C=O) groups excluding carboxylic acids is 2. The van der Waals surface area contributed by atoms with Crippen molar-refractivity contribution < 1.29 is 22.7 Å². The number of amides is 1. The molecule has 0 radical (unpaired) electrons. The van der Waals surface area contributed by atoms with Crippen LogP contribution in [0.15, 0.2) is 29.4 Å². The van der Waals surface area contributed by atoms with E-state index in [9.17, 15) is 18.0 Å². The summed E-state index contributed by atoms with van der Waals surface area (Å²) < 4.78 is 27.4. The number of carbonyl (C=O) groups is 2. The maximum Gasteiger partial charge on any atom is 0.338 e. The lowest BCUT2D eigenvalue weighted by atomic mass is 10.1. The third-order valence-electron chi connectivity index (χ3n) is 3.56. The molecule has 1 aromatic carbocycles. The molecule has 1 aliphatic rings. The monoisotopic (exact) mass is 338 g/mol. The highest BCUT2D eigenvalue weighted by Crippen LogP contribution is 2.21. The summed E-state index contributed by atoms with van der Waals surface area (Å²) in [5.74, 6) is -0.804. The highest BCUT2D eigenvalue weighted by Gasteiger charge is 2.29. The number of sulfone groups is 1. The number of methoxy groups -OCH3 is 1. The molecule has 23 heavy (non-hydrogen) atoms. The topological polar surface area (TPSA) is 102 Å². The van der Waals surface area contributed by atoms with Crippen molar-refractivity contribution in [1.29, 1.82) is 0 Å². The number of nitrogens with one attached hydrogen (secondary N) is 1. The average molecular weight is 338 g/mol. The highest BCUT2D eigenvalue weighted by atomic mass is 32.2. The van der Waals surface area contributed by atoms with Crippen molar-refractivity contribution in [2.75, 3.05) is 18.6 Å². The van der Waals surface area contributed by atoms with Gasteiger partial charge >= 0.3 is 5.97 Å². The first kappa shape index (κ1) is 17.1. The lowest BCUT2D eigenvalue weighted by Gasteiger charge is -2.06. The van der Waals surface area contributed by atoms with Crippen molar-refractivity contribution >= 4 is 27.9 Å². The van der Waals surface area contributed by atoms with Gasteiger partial charge in [-0.2, -0.15) is 5.10 Å². The predicted molar refractivity (Wildman–Crippen MR) is 84.9 cm³/mol.